The van der Waals surface area contributed by atoms with E-state index in [0.717, 1.165) is 5.01 Å². The molecule has 1 aromatic heterocycles. The molecule has 1 aliphatic heterocycles. The average Bonchev–Trinajstić information content (AvgIpc) is 2.93. The van der Waals surface area contributed by atoms with E-state index in [9.17, 15) is 14.7 Å². The Morgan fingerprint density at radius 1 is 1.35 bits per heavy atom. The molecule has 2 heterocycles. The number of aryl methyl sites for hydroxylation is 1. The fourth-order valence-corrected chi connectivity index (χ4v) is 3.08. The zero-order valence-electron chi connectivity index (χ0n) is 15.7. The van der Waals surface area contributed by atoms with Crippen LogP contribution in [0.15, 0.2) is 10.5 Å². The summed E-state index contributed by atoms with van der Waals surface area (Å²) in [5.41, 5.74) is -2.09. The van der Waals surface area contributed by atoms with Gasteiger partial charge in [-0.15, -0.1) is 11.3 Å². The third-order valence-corrected chi connectivity index (χ3v) is 4.72. The number of rotatable bonds is 5. The van der Waals surface area contributed by atoms with Crippen LogP contribution < -0.4 is 0 Å². The highest BCUT2D eigenvalue weighted by Gasteiger charge is 2.47. The molecule has 144 valence electrons. The highest BCUT2D eigenvalue weighted by Crippen LogP contribution is 2.30. The van der Waals surface area contributed by atoms with Crippen LogP contribution in [0.2, 0.25) is 0 Å². The summed E-state index contributed by atoms with van der Waals surface area (Å²) in [5, 5.41) is 15.6. The maximum Gasteiger partial charge on any atom is 0.360 e. The first kappa shape index (κ1) is 20.3. The van der Waals surface area contributed by atoms with Crippen molar-refractivity contribution in [3.63, 3.8) is 0 Å². The lowest BCUT2D eigenvalue weighted by atomic mass is 9.91. The summed E-state index contributed by atoms with van der Waals surface area (Å²) in [6, 6.07) is 0. The Balaban J connectivity index is 2.30. The Bertz CT molecular complexity index is 699. The number of esters is 1. The van der Waals surface area contributed by atoms with Crippen molar-refractivity contribution in [3.05, 3.63) is 16.1 Å². The molecule has 0 radical (unpaired) electrons. The number of carboxylic acids is 1. The van der Waals surface area contributed by atoms with Crippen LogP contribution in [0.1, 0.15) is 44.3 Å². The number of carbonyl (C=O) groups excluding carboxylic acids is 1. The predicted molar refractivity (Wildman–Crippen MR) is 97.4 cm³/mol. The van der Waals surface area contributed by atoms with E-state index >= 15 is 0 Å². The summed E-state index contributed by atoms with van der Waals surface area (Å²) < 4.78 is 5.51. The molecule has 9 heteroatoms. The molecule has 0 aromatic carbocycles. The van der Waals surface area contributed by atoms with Gasteiger partial charge in [-0.25, -0.2) is 14.6 Å². The Labute approximate surface area is 156 Å². The zero-order valence-corrected chi connectivity index (χ0v) is 16.6. The van der Waals surface area contributed by atoms with Gasteiger partial charge in [-0.2, -0.15) is 0 Å². The van der Waals surface area contributed by atoms with Crippen LogP contribution in [0.5, 0.6) is 0 Å². The van der Waals surface area contributed by atoms with E-state index in [1.807, 2.05) is 7.05 Å². The van der Waals surface area contributed by atoms with Crippen molar-refractivity contribution >= 4 is 29.0 Å². The van der Waals surface area contributed by atoms with Gasteiger partial charge in [0, 0.05) is 31.3 Å². The summed E-state index contributed by atoms with van der Waals surface area (Å²) >= 11 is 1.32. The smallest absolute Gasteiger partial charge is 0.360 e. The first-order valence-corrected chi connectivity index (χ1v) is 9.24. The van der Waals surface area contributed by atoms with Gasteiger partial charge in [-0.3, -0.25) is 0 Å². The quantitative estimate of drug-likeness (QED) is 0.472. The van der Waals surface area contributed by atoms with Crippen molar-refractivity contribution in [2.45, 2.75) is 51.7 Å². The van der Waals surface area contributed by atoms with Crippen LogP contribution in [0.4, 0.5) is 0 Å². The summed E-state index contributed by atoms with van der Waals surface area (Å²) in [6.07, 6.45) is 0.732. The van der Waals surface area contributed by atoms with Gasteiger partial charge in [-0.1, -0.05) is 5.16 Å². The maximum absolute atomic E-state index is 12.8. The highest BCUT2D eigenvalue weighted by molar-refractivity contribution is 7.09. The normalized spacial score (nSPS) is 18.4. The first-order chi connectivity index (χ1) is 12.0. The third-order valence-electron chi connectivity index (χ3n) is 3.94. The molecule has 1 fully saturated rings. The molecule has 0 aliphatic carbocycles. The van der Waals surface area contributed by atoms with Crippen molar-refractivity contribution in [2.75, 3.05) is 20.1 Å². The molecule has 1 saturated heterocycles. The van der Waals surface area contributed by atoms with Crippen LogP contribution in [-0.4, -0.2) is 64.0 Å². The number of aromatic nitrogens is 1. The lowest BCUT2D eigenvalue weighted by Gasteiger charge is -2.37. The van der Waals surface area contributed by atoms with Crippen molar-refractivity contribution in [1.29, 1.82) is 0 Å². The topological polar surface area (TPSA) is 101 Å². The predicted octanol–water partition coefficient (Wildman–Crippen LogP) is 2.06. The molecule has 0 amide bonds. The summed E-state index contributed by atoms with van der Waals surface area (Å²) in [6.45, 7) is 8.33. The molecule has 1 aromatic rings. The van der Waals surface area contributed by atoms with E-state index in [1.54, 1.807) is 33.1 Å². The van der Waals surface area contributed by atoms with Gasteiger partial charge in [0.15, 0.2) is 0 Å². The Hall–Kier alpha value is -2.00. The molecule has 0 bridgehead atoms. The van der Waals surface area contributed by atoms with E-state index in [1.165, 1.54) is 11.3 Å². The number of hydrogen-bond acceptors (Lipinski definition) is 8. The first-order valence-electron chi connectivity index (χ1n) is 8.36. The number of thiazole rings is 1. The van der Waals surface area contributed by atoms with E-state index in [4.69, 9.17) is 9.57 Å². The third kappa shape index (κ3) is 5.01. The van der Waals surface area contributed by atoms with Gasteiger partial charge in [0.05, 0.1) is 5.01 Å². The number of oxime groups is 1. The maximum atomic E-state index is 12.8. The number of piperidine rings is 1. The van der Waals surface area contributed by atoms with E-state index in [2.05, 4.69) is 15.0 Å². The lowest BCUT2D eigenvalue weighted by molar-refractivity contribution is -0.190. The number of carboxylic acid groups (broad SMARTS) is 1. The van der Waals surface area contributed by atoms with Crippen LogP contribution in [-0.2, 0) is 19.2 Å². The molecule has 1 aliphatic rings. The molecular formula is C17H25N3O5S. The van der Waals surface area contributed by atoms with Crippen molar-refractivity contribution in [1.82, 2.24) is 9.88 Å². The second-order valence-electron chi connectivity index (χ2n) is 7.39. The van der Waals surface area contributed by atoms with Gasteiger partial charge < -0.3 is 19.6 Å². The Kier molecular flexibility index (Phi) is 6.02. The zero-order chi connectivity index (χ0) is 19.5. The summed E-state index contributed by atoms with van der Waals surface area (Å²) in [7, 11) is 1.95. The molecule has 2 rings (SSSR count). The Morgan fingerprint density at radius 2 is 1.96 bits per heavy atom. The molecule has 0 unspecified atom stereocenters. The molecular weight excluding hydrogens is 358 g/mol. The minimum Gasteiger partial charge on any atom is -0.476 e. The lowest BCUT2D eigenvalue weighted by Crippen LogP contribution is -2.52. The minimum atomic E-state index is -1.30. The van der Waals surface area contributed by atoms with Crippen LogP contribution in [0.25, 0.3) is 0 Å². The fourth-order valence-electron chi connectivity index (χ4n) is 2.48. The van der Waals surface area contributed by atoms with Crippen molar-refractivity contribution < 1.29 is 24.3 Å². The van der Waals surface area contributed by atoms with Crippen LogP contribution in [0.3, 0.4) is 0 Å². The molecule has 0 atom stereocenters. The number of ether oxygens (including phenoxy) is 1. The van der Waals surface area contributed by atoms with Gasteiger partial charge in [0.1, 0.15) is 11.3 Å². The van der Waals surface area contributed by atoms with Crippen LogP contribution >= 0.6 is 11.3 Å². The standard InChI is InChI=1S/C17H25N3O5S/c1-11-18-12(10-26-11)13(14(21)22)19-25-17(6-8-20(5)9-7-17)15(23)24-16(2,3)4/h10H,6-9H2,1-5H3,(H,21,22)/b19-13-. The summed E-state index contributed by atoms with van der Waals surface area (Å²) in [5.74, 6) is -1.79. The number of hydrogen-bond donors (Lipinski definition) is 1. The van der Waals surface area contributed by atoms with Crippen molar-refractivity contribution in [3.8, 4) is 0 Å². The summed E-state index contributed by atoms with van der Waals surface area (Å²) in [4.78, 5) is 36.1. The van der Waals surface area contributed by atoms with E-state index < -0.39 is 23.1 Å². The number of likely N-dealkylation sites (tertiary alicyclic amines) is 1. The number of nitrogens with zero attached hydrogens (tertiary/aromatic N) is 3. The highest BCUT2D eigenvalue weighted by atomic mass is 32.1. The average molecular weight is 383 g/mol. The number of aliphatic carboxylic acids is 1. The van der Waals surface area contributed by atoms with Gasteiger partial charge in [0.2, 0.25) is 11.3 Å². The molecule has 26 heavy (non-hydrogen) atoms. The molecule has 0 spiro atoms. The van der Waals surface area contributed by atoms with Crippen molar-refractivity contribution in [2.24, 2.45) is 5.16 Å². The largest absolute Gasteiger partial charge is 0.476 e. The molecule has 1 N–H and O–H groups in total. The van der Waals surface area contributed by atoms with Gasteiger partial charge in [0.25, 0.3) is 0 Å². The SMILES string of the molecule is Cc1nc(/C(=N/OC2(C(=O)OC(C)(C)C)CCN(C)CC2)C(=O)O)cs1. The second-order valence-corrected chi connectivity index (χ2v) is 8.45. The number of carbonyl (C=O) groups is 2. The van der Waals surface area contributed by atoms with Gasteiger partial charge in [-0.05, 0) is 34.7 Å². The Morgan fingerprint density at radius 3 is 2.42 bits per heavy atom. The van der Waals surface area contributed by atoms with Crippen LogP contribution in [0, 0.1) is 6.92 Å². The van der Waals surface area contributed by atoms with E-state index in [-0.39, 0.29) is 11.4 Å². The fraction of sp³-hybridized carbons (Fsp3) is 0.647. The van der Waals surface area contributed by atoms with Gasteiger partial charge >= 0.3 is 11.9 Å². The minimum absolute atomic E-state index is 0.215. The molecule has 0 saturated carbocycles. The molecule has 8 nitrogen and oxygen atoms in total. The second kappa shape index (κ2) is 7.71. The monoisotopic (exact) mass is 383 g/mol. The van der Waals surface area contributed by atoms with E-state index in [0.29, 0.717) is 25.9 Å².